The van der Waals surface area contributed by atoms with E-state index in [0.29, 0.717) is 16.2 Å². The number of likely N-dealkylation sites (tertiary alicyclic amines) is 1. The second kappa shape index (κ2) is 9.56. The van der Waals surface area contributed by atoms with Gasteiger partial charge in [-0.2, -0.15) is 0 Å². The number of nitrogens with zero attached hydrogens (tertiary/aromatic N) is 1. The van der Waals surface area contributed by atoms with Crippen molar-refractivity contribution in [1.82, 2.24) is 4.90 Å². The fourth-order valence-corrected chi connectivity index (χ4v) is 3.49. The number of carbonyl (C=O) groups is 2. The molecule has 146 valence electrons. The number of hydrogen-bond acceptors (Lipinski definition) is 3. The first kappa shape index (κ1) is 20.2. The summed E-state index contributed by atoms with van der Waals surface area (Å²) in [7, 11) is 0. The van der Waals surface area contributed by atoms with Gasteiger partial charge in [-0.1, -0.05) is 54.1 Å². The molecule has 0 N–H and O–H groups in total. The van der Waals surface area contributed by atoms with E-state index in [1.165, 1.54) is 0 Å². The lowest BCUT2D eigenvalue weighted by molar-refractivity contribution is -0.149. The molecule has 5 heteroatoms. The number of benzene rings is 2. The largest absolute Gasteiger partial charge is 0.452 e. The summed E-state index contributed by atoms with van der Waals surface area (Å²) in [6.07, 6.45) is 4.88. The van der Waals surface area contributed by atoms with E-state index >= 15 is 0 Å². The van der Waals surface area contributed by atoms with Crippen molar-refractivity contribution in [2.45, 2.75) is 32.2 Å². The van der Waals surface area contributed by atoms with Crippen LogP contribution in [0.1, 0.15) is 37.3 Å². The number of rotatable bonds is 5. The zero-order valence-corrected chi connectivity index (χ0v) is 16.7. The first-order chi connectivity index (χ1) is 13.5. The third-order valence-corrected chi connectivity index (χ3v) is 5.19. The van der Waals surface area contributed by atoms with Crippen molar-refractivity contribution in [2.24, 2.45) is 0 Å². The molecule has 4 nitrogen and oxygen atoms in total. The maximum Gasteiger partial charge on any atom is 0.339 e. The molecule has 3 rings (SSSR count). The Morgan fingerprint density at radius 3 is 2.50 bits per heavy atom. The monoisotopic (exact) mass is 397 g/mol. The highest BCUT2D eigenvalue weighted by Gasteiger charge is 2.24. The number of amides is 1. The van der Waals surface area contributed by atoms with Gasteiger partial charge in [0.05, 0.1) is 5.57 Å². The molecule has 1 unspecified atom stereocenters. The third kappa shape index (κ3) is 5.23. The summed E-state index contributed by atoms with van der Waals surface area (Å²) in [6, 6.07) is 16.7. The van der Waals surface area contributed by atoms with Gasteiger partial charge in [0.2, 0.25) is 0 Å². The number of carbonyl (C=O) groups excluding carboxylic acids is 2. The number of hydrogen-bond donors (Lipinski definition) is 0. The van der Waals surface area contributed by atoms with Crippen LogP contribution in [0.4, 0.5) is 0 Å². The molecule has 1 atom stereocenters. The van der Waals surface area contributed by atoms with Crippen molar-refractivity contribution in [3.05, 3.63) is 70.7 Å². The quantitative estimate of drug-likeness (QED) is 0.412. The molecular formula is C23H24ClNO3. The average molecular weight is 398 g/mol. The Bertz CT molecular complexity index is 846. The van der Waals surface area contributed by atoms with Gasteiger partial charge in [0.1, 0.15) is 0 Å². The molecule has 0 spiro atoms. The lowest BCUT2D eigenvalue weighted by Gasteiger charge is -2.33. The summed E-state index contributed by atoms with van der Waals surface area (Å²) < 4.78 is 5.39. The van der Waals surface area contributed by atoms with E-state index in [1.54, 1.807) is 35.2 Å². The highest BCUT2D eigenvalue weighted by atomic mass is 35.5. The van der Waals surface area contributed by atoms with E-state index in [2.05, 4.69) is 0 Å². The van der Waals surface area contributed by atoms with Crippen molar-refractivity contribution in [3.63, 3.8) is 0 Å². The fourth-order valence-electron chi connectivity index (χ4n) is 3.36. The van der Waals surface area contributed by atoms with Gasteiger partial charge < -0.3 is 9.64 Å². The van der Waals surface area contributed by atoms with Crippen molar-refractivity contribution in [1.29, 1.82) is 0 Å². The lowest BCUT2D eigenvalue weighted by Crippen LogP contribution is -2.44. The van der Waals surface area contributed by atoms with Gasteiger partial charge >= 0.3 is 5.97 Å². The summed E-state index contributed by atoms with van der Waals surface area (Å²) in [5, 5.41) is 0.588. The van der Waals surface area contributed by atoms with Gasteiger partial charge in [-0.15, -0.1) is 0 Å². The number of halogens is 1. The van der Waals surface area contributed by atoms with Gasteiger partial charge in [0.25, 0.3) is 5.91 Å². The second-order valence-corrected chi connectivity index (χ2v) is 7.42. The van der Waals surface area contributed by atoms with Crippen LogP contribution in [0.25, 0.3) is 11.6 Å². The number of piperidine rings is 1. The maximum absolute atomic E-state index is 12.8. The Balaban J connectivity index is 1.76. The van der Waals surface area contributed by atoms with E-state index in [9.17, 15) is 9.59 Å². The molecule has 0 aromatic heterocycles. The smallest absolute Gasteiger partial charge is 0.339 e. The highest BCUT2D eigenvalue weighted by molar-refractivity contribution is 6.30. The predicted molar refractivity (Wildman–Crippen MR) is 112 cm³/mol. The van der Waals surface area contributed by atoms with E-state index < -0.39 is 5.97 Å². The van der Waals surface area contributed by atoms with Gasteiger partial charge in [-0.05, 0) is 55.5 Å². The predicted octanol–water partition coefficient (Wildman–Crippen LogP) is 4.82. The molecule has 2 aromatic carbocycles. The van der Waals surface area contributed by atoms with Crippen LogP contribution < -0.4 is 0 Å². The summed E-state index contributed by atoms with van der Waals surface area (Å²) in [5.41, 5.74) is 1.96. The van der Waals surface area contributed by atoms with Crippen LogP contribution in [0, 0.1) is 0 Å². The molecular weight excluding hydrogens is 374 g/mol. The van der Waals surface area contributed by atoms with Crippen LogP contribution >= 0.6 is 11.6 Å². The normalized spacial score (nSPS) is 17.3. The highest BCUT2D eigenvalue weighted by Crippen LogP contribution is 2.22. The molecule has 0 saturated carbocycles. The SMILES string of the molecule is CC1CCCCN1C(=O)COC(=O)/C(=C/c1ccccc1)c1ccc(Cl)cc1. The molecule has 2 aromatic rings. The molecule has 1 aliphatic heterocycles. The van der Waals surface area contributed by atoms with Crippen LogP contribution in [-0.4, -0.2) is 36.0 Å². The van der Waals surface area contributed by atoms with E-state index in [4.69, 9.17) is 16.3 Å². The molecule has 0 aliphatic carbocycles. The molecule has 0 bridgehead atoms. The van der Waals surface area contributed by atoms with Crippen LogP contribution in [0.15, 0.2) is 54.6 Å². The fraction of sp³-hybridized carbons (Fsp3) is 0.304. The van der Waals surface area contributed by atoms with Gasteiger partial charge in [-0.25, -0.2) is 4.79 Å². The van der Waals surface area contributed by atoms with Crippen LogP contribution in [-0.2, 0) is 14.3 Å². The minimum atomic E-state index is -0.524. The van der Waals surface area contributed by atoms with Gasteiger partial charge in [-0.3, -0.25) is 4.79 Å². The minimum Gasteiger partial charge on any atom is -0.452 e. The molecule has 1 fully saturated rings. The standard InChI is InChI=1S/C23H24ClNO3/c1-17-7-5-6-14-25(17)22(26)16-28-23(27)21(15-18-8-3-2-4-9-18)19-10-12-20(24)13-11-19/h2-4,8-13,15,17H,5-7,14,16H2,1H3/b21-15+. The number of ether oxygens (including phenoxy) is 1. The summed E-state index contributed by atoms with van der Waals surface area (Å²) in [5.74, 6) is -0.667. The third-order valence-electron chi connectivity index (χ3n) is 4.94. The molecule has 1 aliphatic rings. The Morgan fingerprint density at radius 2 is 1.82 bits per heavy atom. The van der Waals surface area contributed by atoms with Gasteiger partial charge in [0, 0.05) is 17.6 Å². The van der Waals surface area contributed by atoms with Crippen molar-refractivity contribution < 1.29 is 14.3 Å². The molecule has 1 amide bonds. The van der Waals surface area contributed by atoms with Gasteiger partial charge in [0.15, 0.2) is 6.61 Å². The van der Waals surface area contributed by atoms with Crippen LogP contribution in [0.3, 0.4) is 0 Å². The number of esters is 1. The van der Waals surface area contributed by atoms with E-state index in [-0.39, 0.29) is 18.6 Å². The Labute approximate surface area is 170 Å². The zero-order valence-electron chi connectivity index (χ0n) is 15.9. The summed E-state index contributed by atoms with van der Waals surface area (Å²) in [4.78, 5) is 27.1. The first-order valence-electron chi connectivity index (χ1n) is 9.54. The Morgan fingerprint density at radius 1 is 1.11 bits per heavy atom. The van der Waals surface area contributed by atoms with E-state index in [1.807, 2.05) is 37.3 Å². The minimum absolute atomic E-state index is 0.143. The summed E-state index contributed by atoms with van der Waals surface area (Å²) in [6.45, 7) is 2.51. The van der Waals surface area contributed by atoms with Crippen molar-refractivity contribution >= 4 is 35.1 Å². The van der Waals surface area contributed by atoms with Crippen molar-refractivity contribution in [2.75, 3.05) is 13.2 Å². The summed E-state index contributed by atoms with van der Waals surface area (Å²) >= 11 is 5.97. The topological polar surface area (TPSA) is 46.6 Å². The van der Waals surface area contributed by atoms with Crippen LogP contribution in [0.5, 0.6) is 0 Å². The Kier molecular flexibility index (Phi) is 6.88. The maximum atomic E-state index is 12.8. The Hall–Kier alpha value is -2.59. The van der Waals surface area contributed by atoms with Crippen molar-refractivity contribution in [3.8, 4) is 0 Å². The molecule has 0 radical (unpaired) electrons. The second-order valence-electron chi connectivity index (χ2n) is 6.98. The first-order valence-corrected chi connectivity index (χ1v) is 9.91. The molecule has 28 heavy (non-hydrogen) atoms. The average Bonchev–Trinajstić information content (AvgIpc) is 2.72. The van der Waals surface area contributed by atoms with Crippen LogP contribution in [0.2, 0.25) is 5.02 Å². The molecule has 1 heterocycles. The molecule has 1 saturated heterocycles. The van der Waals surface area contributed by atoms with E-state index in [0.717, 1.165) is 31.4 Å². The lowest BCUT2D eigenvalue weighted by atomic mass is 10.0. The zero-order chi connectivity index (χ0) is 19.9.